The molecule has 0 aromatic heterocycles. The van der Waals surface area contributed by atoms with Gasteiger partial charge in [-0.1, -0.05) is 48.7 Å². The van der Waals surface area contributed by atoms with Gasteiger partial charge in [-0.05, 0) is 79.2 Å². The van der Waals surface area contributed by atoms with Crippen molar-refractivity contribution in [1.29, 1.82) is 0 Å². The van der Waals surface area contributed by atoms with E-state index in [0.717, 1.165) is 0 Å². The fourth-order valence-corrected chi connectivity index (χ4v) is 5.48. The Morgan fingerprint density at radius 2 is 0.890 bits per heavy atom. The summed E-state index contributed by atoms with van der Waals surface area (Å²) in [4.78, 5) is 123. The van der Waals surface area contributed by atoms with E-state index in [0.29, 0.717) is 11.1 Å². The van der Waals surface area contributed by atoms with Gasteiger partial charge in [0, 0.05) is 16.5 Å². The van der Waals surface area contributed by atoms with Crippen molar-refractivity contribution < 1.29 is 97.2 Å². The number of para-hydroxylation sites is 2. The Morgan fingerprint density at radius 3 is 1.26 bits per heavy atom. The average Bonchev–Trinajstić information content (AvgIpc) is 3.33. The van der Waals surface area contributed by atoms with Gasteiger partial charge in [0.2, 0.25) is 0 Å². The minimum atomic E-state index is -1.85. The minimum absolute atomic E-state index is 0.0900. The van der Waals surface area contributed by atoms with Crippen LogP contribution in [-0.2, 0) is 33.7 Å². The van der Waals surface area contributed by atoms with Crippen molar-refractivity contribution in [3.63, 3.8) is 0 Å². The van der Waals surface area contributed by atoms with Gasteiger partial charge in [-0.25, -0.2) is 19.2 Å². The highest BCUT2D eigenvalue weighted by molar-refractivity contribution is 7.80. The summed E-state index contributed by atoms with van der Waals surface area (Å²) >= 11 is 9.67. The van der Waals surface area contributed by atoms with Crippen LogP contribution in [0.5, 0.6) is 23.0 Å². The van der Waals surface area contributed by atoms with E-state index in [4.69, 9.17) is 64.3 Å². The van der Waals surface area contributed by atoms with Crippen molar-refractivity contribution in [3.05, 3.63) is 170 Å². The van der Waals surface area contributed by atoms with Crippen molar-refractivity contribution in [1.82, 2.24) is 0 Å². The summed E-state index contributed by atoms with van der Waals surface area (Å²) in [6.45, 7) is -4.99. The summed E-state index contributed by atoms with van der Waals surface area (Å²) < 4.78 is 30.2. The lowest BCUT2D eigenvalue weighted by atomic mass is 9.87. The fraction of sp³-hybridized carbons (Fsp3) is 0.231. The molecular formula is C39H35N7O25S2. The monoisotopic (exact) mass is 1070 g/mol. The lowest BCUT2D eigenvalue weighted by Crippen LogP contribution is -2.40. The van der Waals surface area contributed by atoms with Crippen LogP contribution in [0, 0.1) is 56.0 Å². The predicted molar refractivity (Wildman–Crippen MR) is 242 cm³/mol. The molecule has 4 N–H and O–H groups in total. The number of rotatable bonds is 27. The SMILES string of the molecule is NC(=S)c1ccc(OC(=O)Oc2ccccc2C(=O)OCC(CO[N+](=O)[O-])O[N+](=O)[O-])cc1.NC(=S)c1ccc(OC(=O)Oc2ccccc2C(=O)OCCC(CO[N+](=O)[O-])(CO[N+](=O)[O-])CO[N+](=O)[O-])cc1. The number of ether oxygens (including phenoxy) is 6. The molecule has 4 aromatic rings. The van der Waals surface area contributed by atoms with E-state index in [1.54, 1.807) is 0 Å². The molecule has 34 heteroatoms. The molecule has 0 saturated carbocycles. The third-order valence-corrected chi connectivity index (χ3v) is 9.05. The van der Waals surface area contributed by atoms with Crippen LogP contribution in [0.15, 0.2) is 97.1 Å². The van der Waals surface area contributed by atoms with Gasteiger partial charge in [-0.3, -0.25) is 0 Å². The first-order valence-electron chi connectivity index (χ1n) is 19.6. The summed E-state index contributed by atoms with van der Waals surface area (Å²) in [7, 11) is 0. The molecule has 0 amide bonds. The molecule has 32 nitrogen and oxygen atoms in total. The van der Waals surface area contributed by atoms with Gasteiger partial charge in [-0.2, -0.15) is 0 Å². The predicted octanol–water partition coefficient (Wildman–Crippen LogP) is 3.90. The first-order valence-corrected chi connectivity index (χ1v) is 20.4. The smallest absolute Gasteiger partial charge is 0.462 e. The second kappa shape index (κ2) is 28.6. The molecule has 0 heterocycles. The van der Waals surface area contributed by atoms with Crippen molar-refractivity contribution in [2.45, 2.75) is 12.5 Å². The Bertz CT molecular complexity index is 2610. The number of carbonyl (C=O) groups excluding carboxylic acids is 4. The maximum absolute atomic E-state index is 12.7. The molecule has 0 aliphatic rings. The van der Waals surface area contributed by atoms with E-state index < -0.39 is 107 Å². The topological polar surface area (TPSA) is 438 Å². The summed E-state index contributed by atoms with van der Waals surface area (Å²) in [5.41, 5.74) is 9.77. The Labute approximate surface area is 416 Å². The molecule has 73 heavy (non-hydrogen) atoms. The second-order valence-electron chi connectivity index (χ2n) is 13.6. The summed E-state index contributed by atoms with van der Waals surface area (Å²) in [5.74, 6) is -2.39. The molecule has 0 spiro atoms. The number of benzene rings is 4. The Morgan fingerprint density at radius 1 is 0.507 bits per heavy atom. The van der Waals surface area contributed by atoms with Gasteiger partial charge in [0.15, 0.2) is 6.10 Å². The maximum Gasteiger partial charge on any atom is 0.519 e. The highest BCUT2D eigenvalue weighted by Gasteiger charge is 2.36. The van der Waals surface area contributed by atoms with Crippen LogP contribution in [0.25, 0.3) is 0 Å². The zero-order valence-corrected chi connectivity index (χ0v) is 38.3. The standard InChI is InChI=1S/C21H20N4O14S.C18H15N3O11S/c22-18(40)14-5-7-15(8-6-14)38-20(27)39-17-4-2-1-3-16(17)19(26)34-10-9-21(11-35-23(28)29,12-36-24(30)31)13-37-25(32)33;19-16(33)11-5-7-12(8-6-11)30-18(23)31-15-4-2-1-3-14(15)17(22)28-9-13(32-21(26)27)10-29-20(24)25/h1-8H,9-13H2,(H2,22,40);1-8,13H,9-10H2,(H2,19,33). The van der Waals surface area contributed by atoms with Crippen molar-refractivity contribution in [2.24, 2.45) is 16.9 Å². The number of thiocarbonyl (C=S) groups is 2. The van der Waals surface area contributed by atoms with Crippen LogP contribution < -0.4 is 30.4 Å². The third kappa shape index (κ3) is 21.1. The molecule has 4 aromatic carbocycles. The number of nitrogens with zero attached hydrogens (tertiary/aromatic N) is 5. The van der Waals surface area contributed by atoms with Crippen molar-refractivity contribution in [3.8, 4) is 23.0 Å². The zero-order chi connectivity index (χ0) is 54.1. The number of hydrogen-bond acceptors (Lipinski definition) is 27. The molecule has 1 atom stereocenters. The molecule has 388 valence electrons. The van der Waals surface area contributed by atoms with Crippen LogP contribution in [0.3, 0.4) is 0 Å². The van der Waals surface area contributed by atoms with E-state index in [-0.39, 0.29) is 44.1 Å². The molecule has 4 rings (SSSR count). The Kier molecular flexibility index (Phi) is 22.5. The van der Waals surface area contributed by atoms with Gasteiger partial charge >= 0.3 is 24.2 Å². The number of hydrogen-bond donors (Lipinski definition) is 2. The molecule has 0 bridgehead atoms. The third-order valence-electron chi connectivity index (χ3n) is 8.58. The minimum Gasteiger partial charge on any atom is -0.462 e. The van der Waals surface area contributed by atoms with Gasteiger partial charge in [0.25, 0.3) is 25.4 Å². The molecule has 0 aliphatic heterocycles. The number of esters is 2. The largest absolute Gasteiger partial charge is 0.519 e. The summed E-state index contributed by atoms with van der Waals surface area (Å²) in [5, 5.41) is 46.6. The quantitative estimate of drug-likeness (QED) is 0.0281. The molecule has 0 radical (unpaired) electrons. The summed E-state index contributed by atoms with van der Waals surface area (Å²) in [6, 6.07) is 22.6. The van der Waals surface area contributed by atoms with Crippen molar-refractivity contribution >= 4 is 58.7 Å². The lowest BCUT2D eigenvalue weighted by molar-refractivity contribution is -0.790. The number of carbonyl (C=O) groups is 4. The molecule has 0 saturated heterocycles. The average molecular weight is 1070 g/mol. The normalized spacial score (nSPS) is 10.7. The van der Waals surface area contributed by atoms with Gasteiger partial charge < -0.3 is 64.1 Å². The number of nitrogens with two attached hydrogens (primary N) is 2. The van der Waals surface area contributed by atoms with Crippen LogP contribution >= 0.6 is 24.4 Å². The van der Waals surface area contributed by atoms with Crippen LogP contribution in [0.4, 0.5) is 9.59 Å². The van der Waals surface area contributed by atoms with Crippen molar-refractivity contribution in [2.75, 3.05) is 39.6 Å². The van der Waals surface area contributed by atoms with Crippen LogP contribution in [-0.4, -0.2) is 105 Å². The second-order valence-corrected chi connectivity index (χ2v) is 14.5. The van der Waals surface area contributed by atoms with Crippen LogP contribution in [0.2, 0.25) is 0 Å². The van der Waals surface area contributed by atoms with Crippen LogP contribution in [0.1, 0.15) is 38.3 Å². The fourth-order valence-electron chi connectivity index (χ4n) is 5.21. The van der Waals surface area contributed by atoms with E-state index in [9.17, 15) is 69.7 Å². The molecular weight excluding hydrogens is 1030 g/mol. The molecule has 0 aliphatic carbocycles. The maximum atomic E-state index is 12.7. The Balaban J connectivity index is 0.000000392. The van der Waals surface area contributed by atoms with E-state index in [1.807, 2.05) is 0 Å². The van der Waals surface area contributed by atoms with Gasteiger partial charge in [0.05, 0.1) is 6.61 Å². The molecule has 0 fully saturated rings. The summed E-state index contributed by atoms with van der Waals surface area (Å²) in [6.07, 6.45) is -4.42. The van der Waals surface area contributed by atoms with Gasteiger partial charge in [0.1, 0.15) is 77.1 Å². The Hall–Kier alpha value is -9.86. The molecule has 1 unspecified atom stereocenters. The zero-order valence-electron chi connectivity index (χ0n) is 36.7. The first kappa shape index (κ1) is 57.5. The van der Waals surface area contributed by atoms with E-state index >= 15 is 0 Å². The van der Waals surface area contributed by atoms with E-state index in [1.165, 1.54) is 97.1 Å². The highest BCUT2D eigenvalue weighted by atomic mass is 32.1. The van der Waals surface area contributed by atoms with E-state index in [2.05, 4.69) is 24.2 Å². The first-order chi connectivity index (χ1) is 34.6. The lowest BCUT2D eigenvalue weighted by Gasteiger charge is -2.30. The highest BCUT2D eigenvalue weighted by Crippen LogP contribution is 2.27. The van der Waals surface area contributed by atoms with Gasteiger partial charge in [-0.15, -0.1) is 50.6 Å².